The lowest BCUT2D eigenvalue weighted by atomic mass is 10.00. The summed E-state index contributed by atoms with van der Waals surface area (Å²) < 4.78 is 7.12. The number of aromatic nitrogens is 2. The van der Waals surface area contributed by atoms with Crippen molar-refractivity contribution in [2.24, 2.45) is 0 Å². The van der Waals surface area contributed by atoms with Crippen LogP contribution in [0.3, 0.4) is 0 Å². The molecule has 0 bridgehead atoms. The second-order valence-electron chi connectivity index (χ2n) is 8.33. The third-order valence-corrected chi connectivity index (χ3v) is 5.98. The van der Waals surface area contributed by atoms with E-state index < -0.39 is 0 Å². The molecular formula is C25H30N4O3. The Kier molecular flexibility index (Phi) is 6.46. The van der Waals surface area contributed by atoms with Crippen molar-refractivity contribution in [1.29, 1.82) is 0 Å². The van der Waals surface area contributed by atoms with Gasteiger partial charge in [0.15, 0.2) is 11.5 Å². The highest BCUT2D eigenvalue weighted by Gasteiger charge is 2.29. The standard InChI is InChI=1S/C25H30N4O3/c1-17-15-18(2)29(27-17)21-12-10-20(11-13-21)26-25(31)22-8-4-5-14-28(22)16-19-7-6-9-23(32-3)24(19)30/h6-7,9-13,15,22,30H,4-5,8,14,16H2,1-3H3,(H,26,31). The first-order valence-corrected chi connectivity index (χ1v) is 11.0. The number of carbonyl (C=O) groups excluding carboxylic acids is 1. The SMILES string of the molecule is COc1cccc(CN2CCCCC2C(=O)Nc2ccc(-n3nc(C)cc3C)cc2)c1O. The monoisotopic (exact) mass is 434 g/mol. The Labute approximate surface area is 188 Å². The second kappa shape index (κ2) is 9.44. The minimum Gasteiger partial charge on any atom is -0.504 e. The van der Waals surface area contributed by atoms with Crippen molar-refractivity contribution < 1.29 is 14.6 Å². The Balaban J connectivity index is 1.46. The van der Waals surface area contributed by atoms with E-state index in [-0.39, 0.29) is 17.7 Å². The molecule has 168 valence electrons. The molecule has 2 heterocycles. The van der Waals surface area contributed by atoms with Crippen molar-refractivity contribution in [2.45, 2.75) is 45.7 Å². The van der Waals surface area contributed by atoms with E-state index >= 15 is 0 Å². The van der Waals surface area contributed by atoms with Gasteiger partial charge in [0.2, 0.25) is 5.91 Å². The molecule has 1 unspecified atom stereocenters. The number of ether oxygens (including phenoxy) is 1. The van der Waals surface area contributed by atoms with Crippen LogP contribution >= 0.6 is 0 Å². The molecule has 0 saturated carbocycles. The largest absolute Gasteiger partial charge is 0.504 e. The van der Waals surface area contributed by atoms with Gasteiger partial charge < -0.3 is 15.2 Å². The molecule has 32 heavy (non-hydrogen) atoms. The summed E-state index contributed by atoms with van der Waals surface area (Å²) >= 11 is 0. The molecule has 3 aromatic rings. The number of amides is 1. The highest BCUT2D eigenvalue weighted by molar-refractivity contribution is 5.95. The molecule has 1 atom stereocenters. The number of phenols is 1. The Morgan fingerprint density at radius 2 is 1.97 bits per heavy atom. The molecule has 1 saturated heterocycles. The van der Waals surface area contributed by atoms with Crippen molar-refractivity contribution >= 4 is 11.6 Å². The van der Waals surface area contributed by atoms with Crippen molar-refractivity contribution in [3.8, 4) is 17.2 Å². The minimum atomic E-state index is -0.245. The number of anilines is 1. The lowest BCUT2D eigenvalue weighted by Crippen LogP contribution is -2.46. The van der Waals surface area contributed by atoms with Crippen molar-refractivity contribution in [1.82, 2.24) is 14.7 Å². The summed E-state index contributed by atoms with van der Waals surface area (Å²) in [6, 6.07) is 15.0. The number of benzene rings is 2. The molecule has 1 aliphatic heterocycles. The molecule has 1 aliphatic rings. The average molecular weight is 435 g/mol. The van der Waals surface area contributed by atoms with Crippen LogP contribution in [0.5, 0.6) is 11.5 Å². The number of piperidine rings is 1. The summed E-state index contributed by atoms with van der Waals surface area (Å²) in [6.45, 7) is 5.30. The fraction of sp³-hybridized carbons (Fsp3) is 0.360. The van der Waals surface area contributed by atoms with Crippen molar-refractivity contribution in [3.05, 3.63) is 65.5 Å². The molecule has 2 N–H and O–H groups in total. The van der Waals surface area contributed by atoms with Gasteiger partial charge >= 0.3 is 0 Å². The fourth-order valence-electron chi connectivity index (χ4n) is 4.36. The van der Waals surface area contributed by atoms with Crippen molar-refractivity contribution in [2.75, 3.05) is 19.0 Å². The first kappa shape index (κ1) is 21.9. The Bertz CT molecular complexity index is 1090. The first-order valence-electron chi connectivity index (χ1n) is 11.0. The number of rotatable bonds is 6. The molecule has 7 heteroatoms. The quantitative estimate of drug-likeness (QED) is 0.608. The zero-order valence-electron chi connectivity index (χ0n) is 18.8. The number of phenolic OH excluding ortho intramolecular Hbond substituents is 1. The molecule has 1 amide bonds. The average Bonchev–Trinajstić information content (AvgIpc) is 3.14. The van der Waals surface area contributed by atoms with Gasteiger partial charge in [0, 0.05) is 23.5 Å². The van der Waals surface area contributed by atoms with E-state index in [9.17, 15) is 9.90 Å². The number of nitrogens with zero attached hydrogens (tertiary/aromatic N) is 3. The molecule has 4 rings (SSSR count). The van der Waals surface area contributed by atoms with Crippen LogP contribution in [0.25, 0.3) is 5.69 Å². The van der Waals surface area contributed by atoms with Crippen LogP contribution in [-0.2, 0) is 11.3 Å². The predicted molar refractivity (Wildman–Crippen MR) is 124 cm³/mol. The molecule has 2 aromatic carbocycles. The Morgan fingerprint density at radius 1 is 1.19 bits per heavy atom. The molecular weight excluding hydrogens is 404 g/mol. The maximum atomic E-state index is 13.1. The van der Waals surface area contributed by atoms with E-state index in [4.69, 9.17) is 4.74 Å². The normalized spacial score (nSPS) is 16.7. The van der Waals surface area contributed by atoms with Gasteiger partial charge in [-0.3, -0.25) is 9.69 Å². The lowest BCUT2D eigenvalue weighted by Gasteiger charge is -2.34. The third-order valence-electron chi connectivity index (χ3n) is 5.98. The van der Waals surface area contributed by atoms with Gasteiger partial charge in [-0.2, -0.15) is 5.10 Å². The topological polar surface area (TPSA) is 79.6 Å². The maximum Gasteiger partial charge on any atom is 0.241 e. The minimum absolute atomic E-state index is 0.0223. The number of likely N-dealkylation sites (tertiary alicyclic amines) is 1. The van der Waals surface area contributed by atoms with Crippen LogP contribution in [0.1, 0.15) is 36.2 Å². The van der Waals surface area contributed by atoms with Gasteiger partial charge in [-0.1, -0.05) is 18.6 Å². The summed E-state index contributed by atoms with van der Waals surface area (Å²) in [5, 5.41) is 18.0. The predicted octanol–water partition coefficient (Wildman–Crippen LogP) is 4.20. The van der Waals surface area contributed by atoms with E-state index in [0.29, 0.717) is 12.3 Å². The van der Waals surface area contributed by atoms with E-state index in [2.05, 4.69) is 15.3 Å². The van der Waals surface area contributed by atoms with Gasteiger partial charge in [-0.15, -0.1) is 0 Å². The molecule has 0 radical (unpaired) electrons. The van der Waals surface area contributed by atoms with Crippen LogP contribution in [0.2, 0.25) is 0 Å². The van der Waals surface area contributed by atoms with E-state index in [1.54, 1.807) is 6.07 Å². The summed E-state index contributed by atoms with van der Waals surface area (Å²) in [6.07, 6.45) is 2.84. The van der Waals surface area contributed by atoms with Gasteiger partial charge in [0.25, 0.3) is 0 Å². The van der Waals surface area contributed by atoms with Crippen LogP contribution in [0, 0.1) is 13.8 Å². The van der Waals surface area contributed by atoms with E-state index in [1.165, 1.54) is 7.11 Å². The van der Waals surface area contributed by atoms with Gasteiger partial charge in [0.1, 0.15) is 0 Å². The molecule has 0 spiro atoms. The summed E-state index contributed by atoms with van der Waals surface area (Å²) in [5.41, 5.74) is 4.52. The zero-order chi connectivity index (χ0) is 22.7. The van der Waals surface area contributed by atoms with Gasteiger partial charge in [-0.25, -0.2) is 4.68 Å². The lowest BCUT2D eigenvalue weighted by molar-refractivity contribution is -0.122. The van der Waals surface area contributed by atoms with E-state index in [1.807, 2.05) is 61.0 Å². The third kappa shape index (κ3) is 4.62. The summed E-state index contributed by atoms with van der Waals surface area (Å²) in [5.74, 6) is 0.564. The number of para-hydroxylation sites is 1. The maximum absolute atomic E-state index is 13.1. The highest BCUT2D eigenvalue weighted by Crippen LogP contribution is 2.32. The molecule has 1 aromatic heterocycles. The van der Waals surface area contributed by atoms with E-state index in [0.717, 1.165) is 54.1 Å². The number of hydrogen-bond donors (Lipinski definition) is 2. The number of hydrogen-bond acceptors (Lipinski definition) is 5. The van der Waals surface area contributed by atoms with Crippen LogP contribution in [-0.4, -0.2) is 45.4 Å². The zero-order valence-corrected chi connectivity index (χ0v) is 18.8. The molecule has 0 aliphatic carbocycles. The smallest absolute Gasteiger partial charge is 0.241 e. The number of aromatic hydroxyl groups is 1. The van der Waals surface area contributed by atoms with Crippen LogP contribution < -0.4 is 10.1 Å². The summed E-state index contributed by atoms with van der Waals surface area (Å²) in [7, 11) is 1.54. The first-order chi connectivity index (χ1) is 15.5. The van der Waals surface area contributed by atoms with Crippen LogP contribution in [0.4, 0.5) is 5.69 Å². The second-order valence-corrected chi connectivity index (χ2v) is 8.33. The van der Waals surface area contributed by atoms with Crippen LogP contribution in [0.15, 0.2) is 48.5 Å². The Morgan fingerprint density at radius 3 is 2.66 bits per heavy atom. The number of aryl methyl sites for hydroxylation is 2. The number of methoxy groups -OCH3 is 1. The molecule has 7 nitrogen and oxygen atoms in total. The van der Waals surface area contributed by atoms with Crippen molar-refractivity contribution in [3.63, 3.8) is 0 Å². The van der Waals surface area contributed by atoms with Gasteiger partial charge in [0.05, 0.1) is 24.5 Å². The van der Waals surface area contributed by atoms with Gasteiger partial charge in [-0.05, 0) is 69.6 Å². The number of carbonyl (C=O) groups is 1. The number of nitrogens with one attached hydrogen (secondary N) is 1. The highest BCUT2D eigenvalue weighted by atomic mass is 16.5. The fourth-order valence-corrected chi connectivity index (χ4v) is 4.36. The molecule has 1 fully saturated rings. The Hall–Kier alpha value is -3.32. The summed E-state index contributed by atoms with van der Waals surface area (Å²) in [4.78, 5) is 15.3.